The lowest BCUT2D eigenvalue weighted by Crippen LogP contribution is -2.18. The fourth-order valence-corrected chi connectivity index (χ4v) is 3.69. The third-order valence-corrected chi connectivity index (χ3v) is 4.43. The van der Waals surface area contributed by atoms with Crippen LogP contribution in [-0.4, -0.2) is 11.5 Å². The molecule has 0 radical (unpaired) electrons. The molecule has 0 amide bonds. The van der Waals surface area contributed by atoms with Gasteiger partial charge in [0.05, 0.1) is 10.2 Å². The first-order valence-corrected chi connectivity index (χ1v) is 8.35. The summed E-state index contributed by atoms with van der Waals surface area (Å²) in [5, 5.41) is 2.47. The molecular formula is C17H14Br2N2. The summed E-state index contributed by atoms with van der Waals surface area (Å²) < 4.78 is 1.94. The Hall–Kier alpha value is -1.39. The SMILES string of the molecule is CCN(c1ncc(Br)cc1Br)c1cccc2ccccc12. The minimum absolute atomic E-state index is 0.848. The topological polar surface area (TPSA) is 16.1 Å². The maximum Gasteiger partial charge on any atom is 0.147 e. The van der Waals surface area contributed by atoms with Crippen LogP contribution < -0.4 is 4.90 Å². The van der Waals surface area contributed by atoms with E-state index in [1.807, 2.05) is 12.3 Å². The molecule has 0 N–H and O–H groups in total. The number of anilines is 2. The van der Waals surface area contributed by atoms with E-state index in [4.69, 9.17) is 0 Å². The van der Waals surface area contributed by atoms with Crippen LogP contribution in [0, 0.1) is 0 Å². The summed E-state index contributed by atoms with van der Waals surface area (Å²) in [5.74, 6) is 0.928. The quantitative estimate of drug-likeness (QED) is 0.537. The fourth-order valence-electron chi connectivity index (χ4n) is 2.48. The van der Waals surface area contributed by atoms with Gasteiger partial charge in [0.15, 0.2) is 0 Å². The summed E-state index contributed by atoms with van der Waals surface area (Å²) in [7, 11) is 0. The van der Waals surface area contributed by atoms with E-state index in [0.29, 0.717) is 0 Å². The molecule has 1 heterocycles. The molecule has 106 valence electrons. The molecule has 2 nitrogen and oxygen atoms in total. The molecule has 4 heteroatoms. The number of hydrogen-bond donors (Lipinski definition) is 0. The molecule has 0 bridgehead atoms. The molecule has 21 heavy (non-hydrogen) atoms. The summed E-state index contributed by atoms with van der Waals surface area (Å²) >= 11 is 7.07. The second-order valence-corrected chi connectivity index (χ2v) is 6.47. The highest BCUT2D eigenvalue weighted by molar-refractivity contribution is 9.11. The van der Waals surface area contributed by atoms with Gasteiger partial charge in [0.1, 0.15) is 5.82 Å². The zero-order valence-electron chi connectivity index (χ0n) is 11.6. The van der Waals surface area contributed by atoms with Gasteiger partial charge < -0.3 is 4.90 Å². The van der Waals surface area contributed by atoms with E-state index in [1.54, 1.807) is 0 Å². The van der Waals surface area contributed by atoms with Gasteiger partial charge in [0, 0.05) is 22.6 Å². The van der Waals surface area contributed by atoms with Crippen molar-refractivity contribution >= 4 is 54.1 Å². The molecule has 0 saturated carbocycles. The summed E-state index contributed by atoms with van der Waals surface area (Å²) in [6.07, 6.45) is 1.83. The Morgan fingerprint density at radius 3 is 2.57 bits per heavy atom. The number of aromatic nitrogens is 1. The first kappa shape index (κ1) is 14.5. The van der Waals surface area contributed by atoms with Crippen LogP contribution in [0.3, 0.4) is 0 Å². The van der Waals surface area contributed by atoms with Crippen LogP contribution in [0.2, 0.25) is 0 Å². The Morgan fingerprint density at radius 1 is 1.05 bits per heavy atom. The first-order valence-electron chi connectivity index (χ1n) is 6.77. The fraction of sp³-hybridized carbons (Fsp3) is 0.118. The summed E-state index contributed by atoms with van der Waals surface area (Å²) in [6.45, 7) is 2.99. The molecule has 1 aromatic heterocycles. The zero-order chi connectivity index (χ0) is 14.8. The van der Waals surface area contributed by atoms with Gasteiger partial charge in [-0.2, -0.15) is 0 Å². The first-order chi connectivity index (χ1) is 10.2. The molecule has 3 aromatic rings. The van der Waals surface area contributed by atoms with Gasteiger partial charge in [-0.15, -0.1) is 0 Å². The van der Waals surface area contributed by atoms with E-state index in [9.17, 15) is 0 Å². The molecule has 0 aliphatic rings. The Morgan fingerprint density at radius 2 is 1.81 bits per heavy atom. The smallest absolute Gasteiger partial charge is 0.147 e. The van der Waals surface area contributed by atoms with E-state index in [2.05, 4.69) is 91.1 Å². The van der Waals surface area contributed by atoms with Crippen LogP contribution in [-0.2, 0) is 0 Å². The molecule has 2 aromatic carbocycles. The van der Waals surface area contributed by atoms with E-state index in [-0.39, 0.29) is 0 Å². The van der Waals surface area contributed by atoms with Crippen LogP contribution in [0.5, 0.6) is 0 Å². The summed E-state index contributed by atoms with van der Waals surface area (Å²) in [6, 6.07) is 16.8. The number of rotatable bonds is 3. The maximum atomic E-state index is 4.56. The van der Waals surface area contributed by atoms with E-state index < -0.39 is 0 Å². The standard InChI is InChI=1S/C17H14Br2N2/c1-2-21(17-15(19)10-13(18)11-20-17)16-9-5-7-12-6-3-4-8-14(12)16/h3-11H,2H2,1H3. The van der Waals surface area contributed by atoms with Crippen molar-refractivity contribution in [3.63, 3.8) is 0 Å². The van der Waals surface area contributed by atoms with Gasteiger partial charge >= 0.3 is 0 Å². The van der Waals surface area contributed by atoms with Crippen LogP contribution in [0.1, 0.15) is 6.92 Å². The molecule has 0 unspecified atom stereocenters. The van der Waals surface area contributed by atoms with Crippen molar-refractivity contribution < 1.29 is 0 Å². The van der Waals surface area contributed by atoms with Gasteiger partial charge in [-0.1, -0.05) is 36.4 Å². The molecule has 0 aliphatic carbocycles. The van der Waals surface area contributed by atoms with E-state index in [1.165, 1.54) is 16.5 Å². The lowest BCUT2D eigenvalue weighted by Gasteiger charge is -2.24. The van der Waals surface area contributed by atoms with Gasteiger partial charge in [0.25, 0.3) is 0 Å². The van der Waals surface area contributed by atoms with Crippen LogP contribution >= 0.6 is 31.9 Å². The monoisotopic (exact) mass is 404 g/mol. The molecule has 0 atom stereocenters. The zero-order valence-corrected chi connectivity index (χ0v) is 14.7. The maximum absolute atomic E-state index is 4.56. The molecule has 0 aliphatic heterocycles. The van der Waals surface area contributed by atoms with Crippen molar-refractivity contribution in [3.8, 4) is 0 Å². The second-order valence-electron chi connectivity index (χ2n) is 4.70. The number of hydrogen-bond acceptors (Lipinski definition) is 2. The Kier molecular flexibility index (Phi) is 4.27. The average molecular weight is 406 g/mol. The highest BCUT2D eigenvalue weighted by Gasteiger charge is 2.14. The van der Waals surface area contributed by atoms with Crippen molar-refractivity contribution in [1.29, 1.82) is 0 Å². The van der Waals surface area contributed by atoms with Crippen molar-refractivity contribution in [3.05, 3.63) is 63.7 Å². The predicted octanol–water partition coefficient (Wildman–Crippen LogP) is 5.92. The van der Waals surface area contributed by atoms with Crippen molar-refractivity contribution in [2.24, 2.45) is 0 Å². The lowest BCUT2D eigenvalue weighted by atomic mass is 10.1. The third-order valence-electron chi connectivity index (χ3n) is 3.42. The van der Waals surface area contributed by atoms with Crippen molar-refractivity contribution in [1.82, 2.24) is 4.98 Å². The number of pyridine rings is 1. The third kappa shape index (κ3) is 2.83. The summed E-state index contributed by atoms with van der Waals surface area (Å²) in [5.41, 5.74) is 1.17. The molecule has 0 saturated heterocycles. The summed E-state index contributed by atoms with van der Waals surface area (Å²) in [4.78, 5) is 6.79. The van der Waals surface area contributed by atoms with Crippen molar-refractivity contribution in [2.75, 3.05) is 11.4 Å². The van der Waals surface area contributed by atoms with Crippen LogP contribution in [0.25, 0.3) is 10.8 Å². The molecular weight excluding hydrogens is 392 g/mol. The van der Waals surface area contributed by atoms with Crippen LogP contribution in [0.15, 0.2) is 63.7 Å². The highest BCUT2D eigenvalue weighted by Crippen LogP contribution is 2.35. The Labute approximate surface area is 141 Å². The van der Waals surface area contributed by atoms with E-state index >= 15 is 0 Å². The molecule has 0 spiro atoms. The Bertz CT molecular complexity index is 781. The number of halogens is 2. The number of nitrogens with zero attached hydrogens (tertiary/aromatic N) is 2. The van der Waals surface area contributed by atoms with Crippen LogP contribution in [0.4, 0.5) is 11.5 Å². The predicted molar refractivity (Wildman–Crippen MR) is 96.3 cm³/mol. The largest absolute Gasteiger partial charge is 0.325 e. The van der Waals surface area contributed by atoms with Gasteiger partial charge in [-0.25, -0.2) is 4.98 Å². The van der Waals surface area contributed by atoms with Gasteiger partial charge in [0.2, 0.25) is 0 Å². The highest BCUT2D eigenvalue weighted by atomic mass is 79.9. The second kappa shape index (κ2) is 6.16. The lowest BCUT2D eigenvalue weighted by molar-refractivity contribution is 0.988. The molecule has 0 fully saturated rings. The van der Waals surface area contributed by atoms with Gasteiger partial charge in [-0.3, -0.25) is 0 Å². The number of fused-ring (bicyclic) bond motifs is 1. The minimum Gasteiger partial charge on any atom is -0.325 e. The van der Waals surface area contributed by atoms with E-state index in [0.717, 1.165) is 21.3 Å². The van der Waals surface area contributed by atoms with Crippen molar-refractivity contribution in [2.45, 2.75) is 6.92 Å². The Balaban J connectivity index is 2.18. The molecule has 3 rings (SSSR count). The van der Waals surface area contributed by atoms with Gasteiger partial charge in [-0.05, 0) is 56.3 Å². The normalized spacial score (nSPS) is 10.8. The minimum atomic E-state index is 0.848. The number of benzene rings is 2. The average Bonchev–Trinajstić information content (AvgIpc) is 2.50.